The molecule has 0 radical (unpaired) electrons. The molecule has 2 amide bonds. The van der Waals surface area contributed by atoms with E-state index in [1.807, 2.05) is 87.5 Å². The molecule has 6 atom stereocenters. The van der Waals surface area contributed by atoms with Gasteiger partial charge in [0.1, 0.15) is 0 Å². The van der Waals surface area contributed by atoms with E-state index < -0.39 is 12.3 Å². The minimum absolute atomic E-state index is 0.0249. The molecule has 1 saturated carbocycles. The molecule has 3 aromatic carbocycles. The van der Waals surface area contributed by atoms with Gasteiger partial charge in [-0.05, 0) is 98.7 Å². The first-order chi connectivity index (χ1) is 26.0. The van der Waals surface area contributed by atoms with E-state index in [0.29, 0.717) is 37.9 Å². The lowest BCUT2D eigenvalue weighted by atomic mass is 9.75. The Labute approximate surface area is 319 Å². The van der Waals surface area contributed by atoms with Gasteiger partial charge in [0.05, 0.1) is 24.9 Å². The summed E-state index contributed by atoms with van der Waals surface area (Å²) in [7, 11) is 0. The van der Waals surface area contributed by atoms with E-state index in [-0.39, 0.29) is 55.1 Å². The molecule has 54 heavy (non-hydrogen) atoms. The van der Waals surface area contributed by atoms with Crippen molar-refractivity contribution in [2.45, 2.75) is 134 Å². The third-order valence-corrected chi connectivity index (χ3v) is 11.0. The van der Waals surface area contributed by atoms with E-state index in [1.54, 1.807) is 0 Å². The van der Waals surface area contributed by atoms with Crippen LogP contribution < -0.4 is 10.6 Å². The number of hydrogen-bond acceptors (Lipinski definition) is 7. The summed E-state index contributed by atoms with van der Waals surface area (Å²) >= 11 is 0. The zero-order valence-electron chi connectivity index (χ0n) is 32.0. The van der Waals surface area contributed by atoms with Crippen molar-refractivity contribution < 1.29 is 34.1 Å². The lowest BCUT2D eigenvalue weighted by molar-refractivity contribution is -0.255. The van der Waals surface area contributed by atoms with Crippen LogP contribution in [0.4, 0.5) is 0 Å². The van der Waals surface area contributed by atoms with Gasteiger partial charge in [0.25, 0.3) is 0 Å². The minimum atomic E-state index is -0.904. The van der Waals surface area contributed by atoms with Gasteiger partial charge in [-0.15, -0.1) is 0 Å². The fourth-order valence-electron chi connectivity index (χ4n) is 8.41. The monoisotopic (exact) mass is 739 g/mol. The van der Waals surface area contributed by atoms with Gasteiger partial charge in [-0.25, -0.2) is 0 Å². The smallest absolute Gasteiger partial charge is 0.303 e. The molecule has 2 saturated heterocycles. The summed E-state index contributed by atoms with van der Waals surface area (Å²) < 4.78 is 13.6. The maximum Gasteiger partial charge on any atom is 0.303 e. The first-order valence-electron chi connectivity index (χ1n) is 19.7. The van der Waals surface area contributed by atoms with Crippen LogP contribution in [0.3, 0.4) is 0 Å². The summed E-state index contributed by atoms with van der Waals surface area (Å²) in [6.45, 7) is 7.07. The van der Waals surface area contributed by atoms with Gasteiger partial charge >= 0.3 is 5.97 Å². The number of ether oxygens (including phenoxy) is 2. The molecule has 1 aliphatic carbocycles. The topological polar surface area (TPSA) is 137 Å². The van der Waals surface area contributed by atoms with E-state index in [4.69, 9.17) is 14.6 Å². The quantitative estimate of drug-likeness (QED) is 0.145. The molecule has 0 aromatic heterocycles. The number of nitrogens with zero attached hydrogens (tertiary/aromatic N) is 1. The van der Waals surface area contributed by atoms with Gasteiger partial charge in [0.2, 0.25) is 11.8 Å². The summed E-state index contributed by atoms with van der Waals surface area (Å²) in [6, 6.07) is 24.3. The number of benzene rings is 3. The summed E-state index contributed by atoms with van der Waals surface area (Å²) in [5.41, 5.74) is 5.35. The molecule has 3 aromatic rings. The molecule has 2 heterocycles. The number of aliphatic hydroxyl groups is 1. The van der Waals surface area contributed by atoms with Gasteiger partial charge < -0.3 is 30.3 Å². The van der Waals surface area contributed by atoms with Crippen LogP contribution in [0.15, 0.2) is 72.8 Å². The van der Waals surface area contributed by atoms with Crippen molar-refractivity contribution in [1.82, 2.24) is 15.5 Å². The molecule has 290 valence electrons. The number of carbonyl (C=O) groups excluding carboxylic acids is 2. The predicted molar refractivity (Wildman–Crippen MR) is 207 cm³/mol. The number of carboxylic acid groups (broad SMARTS) is 1. The zero-order chi connectivity index (χ0) is 38.2. The number of carbonyl (C=O) groups is 3. The number of amides is 2. The maximum atomic E-state index is 13.8. The van der Waals surface area contributed by atoms with E-state index in [1.165, 1.54) is 19.3 Å². The van der Waals surface area contributed by atoms with Crippen LogP contribution in [-0.4, -0.2) is 63.2 Å². The fraction of sp³-hybridized carbons (Fsp3) is 0.523. The fourth-order valence-corrected chi connectivity index (χ4v) is 8.41. The van der Waals surface area contributed by atoms with Crippen molar-refractivity contribution >= 4 is 17.8 Å². The number of likely N-dealkylation sites (tertiary alicyclic amines) is 1. The maximum absolute atomic E-state index is 13.8. The van der Waals surface area contributed by atoms with Crippen molar-refractivity contribution in [1.29, 1.82) is 0 Å². The Morgan fingerprint density at radius 1 is 0.833 bits per heavy atom. The van der Waals surface area contributed by atoms with E-state index >= 15 is 0 Å². The Morgan fingerprint density at radius 3 is 2.31 bits per heavy atom. The molecule has 10 heteroatoms. The number of aliphatic carboxylic acids is 1. The molecular formula is C44H57N3O7. The average Bonchev–Trinajstić information content (AvgIpc) is 3.16. The summed E-state index contributed by atoms with van der Waals surface area (Å²) in [5.74, 6) is -0.389. The SMILES string of the molecule is CC(C)(C)NC(=O)[C@H]1CC[C@H]2CCCC[C@H]2N1C[C@H]1C[C@@H](c2ccc(CO)cc2)O[C@@H](c2cccc(-c3cccc(CNC(=O)CCCC(=O)O)c3)c2)O1. The van der Waals surface area contributed by atoms with Crippen LogP contribution in [0.25, 0.3) is 11.1 Å². The number of aliphatic hydroxyl groups excluding tert-OH is 1. The van der Waals surface area contributed by atoms with Crippen molar-refractivity contribution in [3.8, 4) is 11.1 Å². The zero-order valence-corrected chi connectivity index (χ0v) is 32.0. The van der Waals surface area contributed by atoms with Crippen molar-refractivity contribution in [3.05, 3.63) is 95.1 Å². The van der Waals surface area contributed by atoms with Gasteiger partial charge in [-0.1, -0.05) is 73.5 Å². The lowest BCUT2D eigenvalue weighted by Crippen LogP contribution is -2.61. The molecule has 2 aliphatic heterocycles. The van der Waals surface area contributed by atoms with Crippen molar-refractivity contribution in [2.24, 2.45) is 5.92 Å². The van der Waals surface area contributed by atoms with Crippen LogP contribution in [-0.2, 0) is 37.0 Å². The molecule has 10 nitrogen and oxygen atoms in total. The highest BCUT2D eigenvalue weighted by Gasteiger charge is 2.44. The van der Waals surface area contributed by atoms with Crippen molar-refractivity contribution in [2.75, 3.05) is 6.54 Å². The molecule has 4 N–H and O–H groups in total. The third kappa shape index (κ3) is 10.6. The number of carboxylic acids is 1. The summed E-state index contributed by atoms with van der Waals surface area (Å²) in [5, 5.41) is 24.7. The average molecular weight is 740 g/mol. The van der Waals surface area contributed by atoms with E-state index in [2.05, 4.69) is 21.6 Å². The van der Waals surface area contributed by atoms with E-state index in [9.17, 15) is 19.5 Å². The Balaban J connectivity index is 1.23. The predicted octanol–water partition coefficient (Wildman–Crippen LogP) is 7.20. The number of piperidine rings is 1. The number of nitrogens with one attached hydrogen (secondary N) is 2. The Bertz CT molecular complexity index is 1740. The Kier molecular flexibility index (Phi) is 13.2. The Hall–Kier alpha value is -4.09. The van der Waals surface area contributed by atoms with Crippen LogP contribution >= 0.6 is 0 Å². The highest BCUT2D eigenvalue weighted by Crippen LogP contribution is 2.42. The van der Waals surface area contributed by atoms with Gasteiger partial charge in [-0.3, -0.25) is 19.3 Å². The van der Waals surface area contributed by atoms with Crippen LogP contribution in [0.5, 0.6) is 0 Å². The van der Waals surface area contributed by atoms with Crippen LogP contribution in [0, 0.1) is 5.92 Å². The molecular weight excluding hydrogens is 682 g/mol. The third-order valence-electron chi connectivity index (χ3n) is 11.0. The van der Waals surface area contributed by atoms with E-state index in [0.717, 1.165) is 52.6 Å². The van der Waals surface area contributed by atoms with Gasteiger partial charge in [-0.2, -0.15) is 0 Å². The first kappa shape index (κ1) is 39.6. The van der Waals surface area contributed by atoms with Gasteiger partial charge in [0, 0.05) is 49.5 Å². The minimum Gasteiger partial charge on any atom is -0.481 e. The lowest BCUT2D eigenvalue weighted by Gasteiger charge is -2.50. The highest BCUT2D eigenvalue weighted by atomic mass is 16.7. The Morgan fingerprint density at radius 2 is 1.57 bits per heavy atom. The first-order valence-corrected chi connectivity index (χ1v) is 19.7. The molecule has 0 spiro atoms. The second kappa shape index (κ2) is 18.0. The summed E-state index contributed by atoms with van der Waals surface area (Å²) in [4.78, 5) is 39.4. The number of rotatable bonds is 13. The molecule has 6 rings (SSSR count). The molecule has 0 bridgehead atoms. The largest absolute Gasteiger partial charge is 0.481 e. The van der Waals surface area contributed by atoms with Crippen molar-refractivity contribution in [3.63, 3.8) is 0 Å². The summed E-state index contributed by atoms with van der Waals surface area (Å²) in [6.07, 6.45) is 6.65. The van der Waals surface area contributed by atoms with Crippen LogP contribution in [0.1, 0.15) is 120 Å². The number of hydrogen-bond donors (Lipinski definition) is 4. The number of fused-ring (bicyclic) bond motifs is 1. The molecule has 0 unspecified atom stereocenters. The van der Waals surface area contributed by atoms with Crippen LogP contribution in [0.2, 0.25) is 0 Å². The standard InChI is InChI=1S/C44H57N3O7/c1-44(2,3)46-42(52)38-22-21-31-10-4-5-14-37(31)47(38)27-36-25-39(32-19-17-29(28-48)18-20-32)54-43(53-36)35-13-7-12-34(24-35)33-11-6-9-30(23-33)26-45-40(49)15-8-16-41(50)51/h6-7,9,11-13,17-20,23-24,31,36-39,43,48H,4-5,8,10,14-16,21-22,25-28H2,1-3H3,(H,45,49)(H,46,52)(H,50,51)/t31-,36-,37-,38-,39+,43+/m1/s1. The molecule has 3 aliphatic rings. The normalized spacial score (nSPS) is 24.7. The van der Waals surface area contributed by atoms with Gasteiger partial charge in [0.15, 0.2) is 6.29 Å². The highest BCUT2D eigenvalue weighted by molar-refractivity contribution is 5.82. The molecule has 3 fully saturated rings. The second-order valence-electron chi connectivity index (χ2n) is 16.3. The second-order valence-corrected chi connectivity index (χ2v) is 16.3.